The van der Waals surface area contributed by atoms with Crippen LogP contribution < -0.4 is 11.5 Å². The molecule has 2 aromatic rings. The maximum Gasteiger partial charge on any atom is 0.500 e. The third-order valence-corrected chi connectivity index (χ3v) is 13.2. The molecule has 0 atom stereocenters. The van der Waals surface area contributed by atoms with Crippen molar-refractivity contribution < 1.29 is 26.6 Å². The van der Waals surface area contributed by atoms with Gasteiger partial charge in [0, 0.05) is 77.7 Å². The van der Waals surface area contributed by atoms with E-state index >= 15 is 0 Å². The van der Waals surface area contributed by atoms with Gasteiger partial charge in [0.1, 0.15) is 0 Å². The lowest BCUT2D eigenvalue weighted by atomic mass is 10.1. The quantitative estimate of drug-likeness (QED) is 0.104. The zero-order valence-electron chi connectivity index (χ0n) is 28.0. The van der Waals surface area contributed by atoms with Gasteiger partial charge in [-0.2, -0.15) is 20.2 Å². The van der Waals surface area contributed by atoms with Crippen LogP contribution in [-0.2, 0) is 52.5 Å². The topological polar surface area (TPSA) is 169 Å². The first-order chi connectivity index (χ1) is 21.3. The van der Waals surface area contributed by atoms with Crippen LogP contribution >= 0.6 is 0 Å². The Morgan fingerprint density at radius 1 is 0.500 bits per heavy atom. The van der Waals surface area contributed by atoms with E-state index in [1.807, 2.05) is 41.5 Å². The molecular weight excluding hydrogens is 601 g/mol. The summed E-state index contributed by atoms with van der Waals surface area (Å²) in [5, 5.41) is 9.26. The summed E-state index contributed by atoms with van der Waals surface area (Å²) in [5.74, 6) is 2.45. The van der Waals surface area contributed by atoms with E-state index in [1.165, 1.54) is 0 Å². The predicted octanol–water partition coefficient (Wildman–Crippen LogP) is 4.26. The molecule has 16 heteroatoms. The van der Waals surface area contributed by atoms with E-state index in [1.54, 1.807) is 9.36 Å². The van der Waals surface area contributed by atoms with Crippen LogP contribution in [0.15, 0.2) is 0 Å². The molecule has 254 valence electrons. The molecule has 0 aromatic carbocycles. The Kier molecular flexibility index (Phi) is 18.2. The zero-order valence-corrected chi connectivity index (χ0v) is 30.0. The molecule has 14 nitrogen and oxygen atoms in total. The standard InChI is InChI=1S/C28H58N8O6Si2/c1-7-37-43(38-8-2,39-9-3)23-17-21-35-27(29)31-25(33-35)19-15-13-14-16-20-26-32-28(30)36(34-26)22-18-24-44(40-10-4,41-11-5)42-12-6/h7-24H2,1-6H3,(H2,29,31,33)(H2,30,32,34). The van der Waals surface area contributed by atoms with Gasteiger partial charge in [-0.1, -0.05) is 12.8 Å². The number of rotatable bonds is 27. The second-order valence-corrected chi connectivity index (χ2v) is 15.8. The van der Waals surface area contributed by atoms with Crippen molar-refractivity contribution in [1.82, 2.24) is 29.5 Å². The molecule has 0 unspecified atom stereocenters. The Morgan fingerprint density at radius 2 is 0.818 bits per heavy atom. The molecule has 0 saturated carbocycles. The third-order valence-electron chi connectivity index (χ3n) is 6.93. The fraction of sp³-hybridized carbons (Fsp3) is 0.857. The number of nitrogen functional groups attached to an aromatic ring is 2. The molecule has 2 heterocycles. The van der Waals surface area contributed by atoms with Gasteiger partial charge in [0.15, 0.2) is 11.6 Å². The molecule has 0 amide bonds. The summed E-state index contributed by atoms with van der Waals surface area (Å²) >= 11 is 0. The van der Waals surface area contributed by atoms with Crippen LogP contribution in [0.5, 0.6) is 0 Å². The molecule has 0 aliphatic rings. The first-order valence-corrected chi connectivity index (χ1v) is 20.4. The number of aryl methyl sites for hydroxylation is 4. The van der Waals surface area contributed by atoms with Crippen LogP contribution in [0.25, 0.3) is 0 Å². The summed E-state index contributed by atoms with van der Waals surface area (Å²) in [4.78, 5) is 8.94. The molecule has 0 spiro atoms. The lowest BCUT2D eigenvalue weighted by Crippen LogP contribution is -2.46. The minimum absolute atomic E-state index is 0.442. The molecule has 0 radical (unpaired) electrons. The summed E-state index contributed by atoms with van der Waals surface area (Å²) < 4.78 is 39.2. The fourth-order valence-corrected chi connectivity index (χ4v) is 10.3. The lowest BCUT2D eigenvalue weighted by molar-refractivity contribution is 0.0696. The van der Waals surface area contributed by atoms with Crippen LogP contribution in [-0.4, -0.2) is 86.8 Å². The summed E-state index contributed by atoms with van der Waals surface area (Å²) in [6.45, 7) is 16.5. The van der Waals surface area contributed by atoms with E-state index in [2.05, 4.69) is 20.2 Å². The van der Waals surface area contributed by atoms with Gasteiger partial charge in [-0.3, -0.25) is 0 Å². The van der Waals surface area contributed by atoms with E-state index in [0.29, 0.717) is 76.7 Å². The van der Waals surface area contributed by atoms with Gasteiger partial charge >= 0.3 is 17.6 Å². The second kappa shape index (κ2) is 21.0. The highest BCUT2D eigenvalue weighted by molar-refractivity contribution is 6.61. The van der Waals surface area contributed by atoms with E-state index in [0.717, 1.165) is 63.0 Å². The number of nitrogens with two attached hydrogens (primary N) is 2. The molecule has 4 N–H and O–H groups in total. The normalized spacial score (nSPS) is 12.4. The molecule has 0 aliphatic heterocycles. The zero-order chi connectivity index (χ0) is 32.3. The first-order valence-electron chi connectivity index (χ1n) is 16.5. The summed E-state index contributed by atoms with van der Waals surface area (Å²) in [5.41, 5.74) is 12.3. The number of nitrogens with zero attached hydrogens (tertiary/aromatic N) is 6. The Balaban J connectivity index is 1.72. The smallest absolute Gasteiger partial charge is 0.374 e. The SMILES string of the molecule is CCO[Si](CCCn1nc(CCCCCCc2nc(N)n(CCC[Si](OCC)(OCC)OCC)n2)nc1N)(OCC)OCC. The number of anilines is 2. The van der Waals surface area contributed by atoms with Crippen molar-refractivity contribution >= 4 is 29.5 Å². The van der Waals surface area contributed by atoms with E-state index in [-0.39, 0.29) is 0 Å². The summed E-state index contributed by atoms with van der Waals surface area (Å²) in [6, 6.07) is 1.43. The highest BCUT2D eigenvalue weighted by atomic mass is 28.4. The second-order valence-electron chi connectivity index (χ2n) is 10.3. The van der Waals surface area contributed by atoms with Crippen LogP contribution in [0.3, 0.4) is 0 Å². The van der Waals surface area contributed by atoms with Crippen molar-refractivity contribution in [1.29, 1.82) is 0 Å². The van der Waals surface area contributed by atoms with Crippen molar-refractivity contribution in [3.63, 3.8) is 0 Å². The van der Waals surface area contributed by atoms with Gasteiger partial charge in [-0.25, -0.2) is 9.36 Å². The van der Waals surface area contributed by atoms with Crippen molar-refractivity contribution in [3.8, 4) is 0 Å². The largest absolute Gasteiger partial charge is 0.500 e. The number of hydrogen-bond donors (Lipinski definition) is 2. The molecule has 0 saturated heterocycles. The predicted molar refractivity (Wildman–Crippen MR) is 175 cm³/mol. The van der Waals surface area contributed by atoms with Crippen LogP contribution in [0, 0.1) is 0 Å². The van der Waals surface area contributed by atoms with Crippen molar-refractivity contribution in [2.75, 3.05) is 51.1 Å². The minimum Gasteiger partial charge on any atom is -0.374 e. The molecule has 0 bridgehead atoms. The molecule has 44 heavy (non-hydrogen) atoms. The van der Waals surface area contributed by atoms with Crippen LogP contribution in [0.2, 0.25) is 12.1 Å². The Bertz CT molecular complexity index is 930. The Hall–Kier alpha value is -1.93. The van der Waals surface area contributed by atoms with Crippen molar-refractivity contribution in [3.05, 3.63) is 11.6 Å². The third kappa shape index (κ3) is 12.8. The first kappa shape index (κ1) is 38.3. The lowest BCUT2D eigenvalue weighted by Gasteiger charge is -2.28. The molecular formula is C28H58N8O6Si2. The molecule has 0 fully saturated rings. The van der Waals surface area contributed by atoms with Gasteiger partial charge < -0.3 is 38.0 Å². The molecule has 2 rings (SSSR count). The Labute approximate surface area is 266 Å². The monoisotopic (exact) mass is 658 g/mol. The summed E-state index contributed by atoms with van der Waals surface area (Å²) in [6.07, 6.45) is 7.30. The van der Waals surface area contributed by atoms with Crippen LogP contribution in [0.1, 0.15) is 91.7 Å². The van der Waals surface area contributed by atoms with E-state index in [9.17, 15) is 0 Å². The van der Waals surface area contributed by atoms with E-state index in [4.69, 9.17) is 38.0 Å². The number of hydrogen-bond acceptors (Lipinski definition) is 12. The summed E-state index contributed by atoms with van der Waals surface area (Å²) in [7, 11) is -5.35. The minimum atomic E-state index is -2.67. The van der Waals surface area contributed by atoms with Gasteiger partial charge in [0.2, 0.25) is 11.9 Å². The Morgan fingerprint density at radius 3 is 1.11 bits per heavy atom. The number of unbranched alkanes of at least 4 members (excludes halogenated alkanes) is 3. The highest BCUT2D eigenvalue weighted by Crippen LogP contribution is 2.21. The van der Waals surface area contributed by atoms with Gasteiger partial charge in [0.05, 0.1) is 0 Å². The maximum atomic E-state index is 6.15. The van der Waals surface area contributed by atoms with Gasteiger partial charge in [-0.05, 0) is 67.2 Å². The highest BCUT2D eigenvalue weighted by Gasteiger charge is 2.40. The van der Waals surface area contributed by atoms with Crippen LogP contribution in [0.4, 0.5) is 11.9 Å². The maximum absolute atomic E-state index is 6.15. The van der Waals surface area contributed by atoms with Crippen molar-refractivity contribution in [2.45, 2.75) is 118 Å². The molecule has 0 aliphatic carbocycles. The average molecular weight is 659 g/mol. The average Bonchev–Trinajstić information content (AvgIpc) is 3.52. The number of aromatic nitrogens is 6. The van der Waals surface area contributed by atoms with Gasteiger partial charge in [-0.15, -0.1) is 0 Å². The molecule has 2 aromatic heterocycles. The van der Waals surface area contributed by atoms with Crippen molar-refractivity contribution in [2.24, 2.45) is 0 Å². The fourth-order valence-electron chi connectivity index (χ4n) is 5.16. The van der Waals surface area contributed by atoms with Gasteiger partial charge in [0.25, 0.3) is 0 Å². The van der Waals surface area contributed by atoms with E-state index < -0.39 is 17.6 Å².